The number of aromatic amines is 2. The van der Waals surface area contributed by atoms with Crippen LogP contribution in [0.1, 0.15) is 31.7 Å². The number of H-pyrrole nitrogens is 2. The van der Waals surface area contributed by atoms with Gasteiger partial charge in [0.05, 0.1) is 18.7 Å². The van der Waals surface area contributed by atoms with Gasteiger partial charge in [-0.1, -0.05) is 13.8 Å². The van der Waals surface area contributed by atoms with Crippen molar-refractivity contribution in [2.24, 2.45) is 11.7 Å². The summed E-state index contributed by atoms with van der Waals surface area (Å²) in [6.45, 7) is 3.67. The van der Waals surface area contributed by atoms with Crippen LogP contribution in [0.2, 0.25) is 0 Å². The minimum atomic E-state index is -1.17. The lowest BCUT2D eigenvalue weighted by Gasteiger charge is -2.24. The van der Waals surface area contributed by atoms with Gasteiger partial charge < -0.3 is 36.8 Å². The lowest BCUT2D eigenvalue weighted by molar-refractivity contribution is -0.142. The first-order valence-corrected chi connectivity index (χ1v) is 11.7. The number of hydrogen-bond acceptors (Lipinski definition) is 8. The van der Waals surface area contributed by atoms with E-state index in [1.54, 1.807) is 6.20 Å². The molecule has 0 radical (unpaired) electrons. The Labute approximate surface area is 207 Å². The minimum Gasteiger partial charge on any atom is -0.480 e. The number of carbonyl (C=O) groups is 4. The third-order valence-electron chi connectivity index (χ3n) is 5.08. The number of carboxylic acid groups (broad SMARTS) is 1. The van der Waals surface area contributed by atoms with Crippen molar-refractivity contribution < 1.29 is 24.3 Å². The van der Waals surface area contributed by atoms with Crippen molar-refractivity contribution in [3.05, 3.63) is 36.4 Å². The van der Waals surface area contributed by atoms with E-state index >= 15 is 0 Å². The monoisotopic (exact) mass is 508 g/mol. The Bertz CT molecular complexity index is 967. The zero-order chi connectivity index (χ0) is 26.0. The lowest BCUT2D eigenvalue weighted by Crippen LogP contribution is -2.58. The summed E-state index contributed by atoms with van der Waals surface area (Å²) in [5.74, 6) is -3.16. The van der Waals surface area contributed by atoms with Crippen LogP contribution in [0.15, 0.2) is 25.0 Å². The summed E-state index contributed by atoms with van der Waals surface area (Å²) in [4.78, 5) is 63.4. The van der Waals surface area contributed by atoms with Crippen molar-refractivity contribution >= 4 is 36.3 Å². The number of nitrogens with zero attached hydrogens (tertiary/aromatic N) is 2. The Morgan fingerprint density at radius 1 is 0.914 bits per heavy atom. The Hall–Kier alpha value is -3.39. The molecule has 0 saturated heterocycles. The second-order valence-corrected chi connectivity index (χ2v) is 8.87. The van der Waals surface area contributed by atoms with E-state index in [-0.39, 0.29) is 30.9 Å². The van der Waals surface area contributed by atoms with E-state index < -0.39 is 47.9 Å². The molecule has 0 bridgehead atoms. The van der Waals surface area contributed by atoms with Crippen molar-refractivity contribution in [2.45, 2.75) is 57.3 Å². The number of nitrogens with one attached hydrogen (secondary N) is 5. The van der Waals surface area contributed by atoms with E-state index in [0.717, 1.165) is 0 Å². The molecular formula is C21H32N8O5S. The maximum Gasteiger partial charge on any atom is 0.326 e. The predicted octanol–water partition coefficient (Wildman–Crippen LogP) is -1.24. The fourth-order valence-electron chi connectivity index (χ4n) is 3.26. The van der Waals surface area contributed by atoms with Crippen molar-refractivity contribution in [1.29, 1.82) is 0 Å². The number of nitrogens with two attached hydrogens (primary N) is 1. The molecule has 35 heavy (non-hydrogen) atoms. The largest absolute Gasteiger partial charge is 0.480 e. The molecule has 0 aromatic carbocycles. The molecule has 13 nitrogen and oxygen atoms in total. The second-order valence-electron chi connectivity index (χ2n) is 8.50. The highest BCUT2D eigenvalue weighted by molar-refractivity contribution is 7.80. The van der Waals surface area contributed by atoms with Crippen LogP contribution >= 0.6 is 12.6 Å². The number of hydrogen-bond donors (Lipinski definition) is 8. The molecule has 8 N–H and O–H groups in total. The van der Waals surface area contributed by atoms with Crippen molar-refractivity contribution in [3.63, 3.8) is 0 Å². The summed E-state index contributed by atoms with van der Waals surface area (Å²) in [5.41, 5.74) is 7.21. The highest BCUT2D eigenvalue weighted by Gasteiger charge is 2.30. The molecule has 0 aliphatic rings. The third-order valence-corrected chi connectivity index (χ3v) is 5.45. The molecule has 192 valence electrons. The quantitative estimate of drug-likeness (QED) is 0.144. The number of amides is 3. The maximum atomic E-state index is 13.1. The standard InChI is InChI=1S/C21H32N8O5S/c1-11(2)3-16(21(33)34)28-20(32)17(8-35)29-19(31)15(5-13-7-24-10-26-13)27-18(30)14(22)4-12-6-23-9-25-12/h6-7,9-11,14-17,35H,3-5,8,22H2,1-2H3,(H,23,25)(H,24,26)(H,27,30)(H,28,32)(H,29,31)(H,33,34). The topological polar surface area (TPSA) is 208 Å². The molecular weight excluding hydrogens is 476 g/mol. The SMILES string of the molecule is CC(C)CC(NC(=O)C(CS)NC(=O)C(Cc1cnc[nH]1)NC(=O)C(N)Cc1cnc[nH]1)C(=O)O. The highest BCUT2D eigenvalue weighted by atomic mass is 32.1. The summed E-state index contributed by atoms with van der Waals surface area (Å²) in [6.07, 6.45) is 6.40. The molecule has 0 aliphatic carbocycles. The molecule has 0 saturated carbocycles. The van der Waals surface area contributed by atoms with Gasteiger partial charge in [-0.15, -0.1) is 0 Å². The van der Waals surface area contributed by atoms with Crippen LogP contribution < -0.4 is 21.7 Å². The summed E-state index contributed by atoms with van der Waals surface area (Å²) in [5, 5.41) is 17.0. The van der Waals surface area contributed by atoms with Crippen LogP contribution in [-0.2, 0) is 32.0 Å². The fourth-order valence-corrected chi connectivity index (χ4v) is 3.52. The third kappa shape index (κ3) is 9.05. The van der Waals surface area contributed by atoms with Gasteiger partial charge in [-0.05, 0) is 12.3 Å². The Morgan fingerprint density at radius 3 is 1.91 bits per heavy atom. The van der Waals surface area contributed by atoms with Crippen molar-refractivity contribution in [2.75, 3.05) is 5.75 Å². The summed E-state index contributed by atoms with van der Waals surface area (Å²) in [6, 6.07) is -4.27. The normalized spacial score (nSPS) is 14.5. The van der Waals surface area contributed by atoms with Crippen LogP contribution in [0, 0.1) is 5.92 Å². The number of aliphatic carboxylic acids is 1. The number of aromatic nitrogens is 4. The molecule has 2 rings (SSSR count). The first kappa shape index (κ1) is 27.9. The Morgan fingerprint density at radius 2 is 1.43 bits per heavy atom. The van der Waals surface area contributed by atoms with E-state index in [2.05, 4.69) is 48.5 Å². The predicted molar refractivity (Wildman–Crippen MR) is 129 cm³/mol. The molecule has 4 atom stereocenters. The molecule has 14 heteroatoms. The van der Waals surface area contributed by atoms with Gasteiger partial charge in [0, 0.05) is 42.4 Å². The van der Waals surface area contributed by atoms with E-state index in [1.165, 1.54) is 18.9 Å². The van der Waals surface area contributed by atoms with Crippen LogP contribution in [0.3, 0.4) is 0 Å². The average molecular weight is 509 g/mol. The zero-order valence-corrected chi connectivity index (χ0v) is 20.4. The Balaban J connectivity index is 2.08. The van der Waals surface area contributed by atoms with Gasteiger partial charge in [0.15, 0.2) is 0 Å². The van der Waals surface area contributed by atoms with Crippen LogP contribution in [0.4, 0.5) is 0 Å². The molecule has 0 spiro atoms. The molecule has 0 fully saturated rings. The van der Waals surface area contributed by atoms with Gasteiger partial charge in [-0.3, -0.25) is 14.4 Å². The van der Waals surface area contributed by atoms with Crippen LogP contribution in [-0.4, -0.2) is 78.7 Å². The summed E-state index contributed by atoms with van der Waals surface area (Å²) in [7, 11) is 0. The number of imidazole rings is 2. The van der Waals surface area contributed by atoms with Crippen molar-refractivity contribution in [1.82, 2.24) is 35.9 Å². The van der Waals surface area contributed by atoms with Gasteiger partial charge in [0.25, 0.3) is 0 Å². The number of thiol groups is 1. The molecule has 3 amide bonds. The van der Waals surface area contributed by atoms with E-state index in [0.29, 0.717) is 11.4 Å². The van der Waals surface area contributed by atoms with E-state index in [9.17, 15) is 24.3 Å². The summed E-state index contributed by atoms with van der Waals surface area (Å²) >= 11 is 4.13. The molecule has 4 unspecified atom stereocenters. The minimum absolute atomic E-state index is 0.0282. The van der Waals surface area contributed by atoms with E-state index in [4.69, 9.17) is 5.73 Å². The molecule has 2 aromatic rings. The summed E-state index contributed by atoms with van der Waals surface area (Å²) < 4.78 is 0. The number of carbonyl (C=O) groups excluding carboxylic acids is 3. The van der Waals surface area contributed by atoms with Gasteiger partial charge in [0.1, 0.15) is 18.1 Å². The average Bonchev–Trinajstić information content (AvgIpc) is 3.50. The number of rotatable bonds is 14. The van der Waals surface area contributed by atoms with Gasteiger partial charge in [-0.25, -0.2) is 14.8 Å². The smallest absolute Gasteiger partial charge is 0.326 e. The molecule has 2 heterocycles. The van der Waals surface area contributed by atoms with Crippen LogP contribution in [0.25, 0.3) is 0 Å². The second kappa shape index (κ2) is 13.5. The zero-order valence-electron chi connectivity index (χ0n) is 19.5. The van der Waals surface area contributed by atoms with Crippen LogP contribution in [0.5, 0.6) is 0 Å². The number of carboxylic acids is 1. The maximum absolute atomic E-state index is 13.1. The highest BCUT2D eigenvalue weighted by Crippen LogP contribution is 2.07. The fraction of sp³-hybridized carbons (Fsp3) is 0.524. The molecule has 0 aliphatic heterocycles. The van der Waals surface area contributed by atoms with Gasteiger partial charge >= 0.3 is 5.97 Å². The van der Waals surface area contributed by atoms with Gasteiger partial charge in [0.2, 0.25) is 17.7 Å². The van der Waals surface area contributed by atoms with Gasteiger partial charge in [-0.2, -0.15) is 12.6 Å². The first-order valence-electron chi connectivity index (χ1n) is 11.1. The molecule has 2 aromatic heterocycles. The van der Waals surface area contributed by atoms with Crippen molar-refractivity contribution in [3.8, 4) is 0 Å². The van der Waals surface area contributed by atoms with E-state index in [1.807, 2.05) is 13.8 Å². The lowest BCUT2D eigenvalue weighted by atomic mass is 10.0. The first-order chi connectivity index (χ1) is 16.6. The Kier molecular flexibility index (Phi) is 10.7.